The molecular formula is C20H25ClN2O3. The van der Waals surface area contributed by atoms with Crippen LogP contribution >= 0.6 is 11.6 Å². The Morgan fingerprint density at radius 2 is 2.12 bits per heavy atom. The second kappa shape index (κ2) is 10.7. The molecular weight excluding hydrogens is 352 g/mol. The lowest BCUT2D eigenvalue weighted by Crippen LogP contribution is -2.25. The van der Waals surface area contributed by atoms with Gasteiger partial charge in [0.15, 0.2) is 11.5 Å². The van der Waals surface area contributed by atoms with E-state index in [2.05, 4.69) is 17.2 Å². The number of unbranched alkanes of at least 4 members (excludes halogenated alkanes) is 1. The van der Waals surface area contributed by atoms with Crippen LogP contribution in [0.1, 0.15) is 42.6 Å². The number of ether oxygens (including phenoxy) is 2. The number of carbonyl (C=O) groups excluding carboxylic acids is 1. The number of nitrogens with one attached hydrogen (secondary N) is 1. The summed E-state index contributed by atoms with van der Waals surface area (Å²) in [5, 5.41) is 3.27. The van der Waals surface area contributed by atoms with E-state index in [1.807, 2.05) is 19.1 Å². The zero-order chi connectivity index (χ0) is 18.8. The molecule has 1 N–H and O–H groups in total. The molecule has 140 valence electrons. The topological polar surface area (TPSA) is 60.5 Å². The van der Waals surface area contributed by atoms with Crippen LogP contribution in [0, 0.1) is 0 Å². The molecule has 6 heteroatoms. The maximum atomic E-state index is 12.4. The van der Waals surface area contributed by atoms with Crippen molar-refractivity contribution in [2.24, 2.45) is 0 Å². The Hall–Kier alpha value is -2.27. The molecule has 0 atom stereocenters. The average Bonchev–Trinajstić information content (AvgIpc) is 2.64. The maximum absolute atomic E-state index is 12.4. The van der Waals surface area contributed by atoms with Crippen LogP contribution in [-0.2, 0) is 6.42 Å². The molecule has 26 heavy (non-hydrogen) atoms. The van der Waals surface area contributed by atoms with Crippen molar-refractivity contribution >= 4 is 17.5 Å². The number of carbonyl (C=O) groups is 1. The minimum absolute atomic E-state index is 0.197. The molecule has 0 unspecified atom stereocenters. The van der Waals surface area contributed by atoms with E-state index in [-0.39, 0.29) is 5.91 Å². The summed E-state index contributed by atoms with van der Waals surface area (Å²) in [6.07, 6.45) is 6.18. The van der Waals surface area contributed by atoms with Crippen molar-refractivity contribution in [3.63, 3.8) is 0 Å². The molecule has 0 radical (unpaired) electrons. The van der Waals surface area contributed by atoms with Gasteiger partial charge in [0.25, 0.3) is 5.91 Å². The molecule has 0 saturated heterocycles. The highest BCUT2D eigenvalue weighted by atomic mass is 35.5. The minimum Gasteiger partial charge on any atom is -0.490 e. The number of halogens is 1. The minimum atomic E-state index is -0.197. The number of rotatable bonds is 10. The molecule has 2 rings (SSSR count). The van der Waals surface area contributed by atoms with Crippen molar-refractivity contribution in [3.8, 4) is 11.5 Å². The monoisotopic (exact) mass is 376 g/mol. The summed E-state index contributed by atoms with van der Waals surface area (Å²) in [5.41, 5.74) is 1.52. The molecule has 1 aromatic carbocycles. The van der Waals surface area contributed by atoms with Crippen LogP contribution < -0.4 is 14.8 Å². The highest BCUT2D eigenvalue weighted by Crippen LogP contribution is 2.36. The van der Waals surface area contributed by atoms with Gasteiger partial charge in [-0.25, -0.2) is 0 Å². The first-order chi connectivity index (χ1) is 12.7. The highest BCUT2D eigenvalue weighted by Gasteiger charge is 2.16. The van der Waals surface area contributed by atoms with Crippen LogP contribution in [0.5, 0.6) is 11.5 Å². The van der Waals surface area contributed by atoms with Gasteiger partial charge in [0.1, 0.15) is 0 Å². The maximum Gasteiger partial charge on any atom is 0.251 e. The molecule has 1 heterocycles. The first-order valence-electron chi connectivity index (χ1n) is 8.92. The molecule has 1 aromatic heterocycles. The normalized spacial score (nSPS) is 10.4. The highest BCUT2D eigenvalue weighted by molar-refractivity contribution is 6.32. The van der Waals surface area contributed by atoms with Gasteiger partial charge in [-0.1, -0.05) is 31.0 Å². The zero-order valence-corrected chi connectivity index (χ0v) is 16.0. The Labute approximate surface area is 159 Å². The van der Waals surface area contributed by atoms with E-state index in [0.717, 1.165) is 18.4 Å². The van der Waals surface area contributed by atoms with E-state index >= 15 is 0 Å². The Morgan fingerprint density at radius 3 is 2.81 bits per heavy atom. The molecule has 0 aliphatic heterocycles. The van der Waals surface area contributed by atoms with Gasteiger partial charge in [0.05, 0.1) is 18.2 Å². The van der Waals surface area contributed by atoms with Gasteiger partial charge in [-0.2, -0.15) is 0 Å². The van der Waals surface area contributed by atoms with Crippen molar-refractivity contribution in [2.75, 3.05) is 19.8 Å². The van der Waals surface area contributed by atoms with E-state index in [1.54, 1.807) is 24.5 Å². The van der Waals surface area contributed by atoms with E-state index < -0.39 is 0 Å². The lowest BCUT2D eigenvalue weighted by Gasteiger charge is -2.15. The third-order valence-corrected chi connectivity index (χ3v) is 4.02. The number of hydrogen-bond donors (Lipinski definition) is 1. The molecule has 0 aliphatic rings. The summed E-state index contributed by atoms with van der Waals surface area (Å²) in [4.78, 5) is 16.5. The molecule has 0 bridgehead atoms. The molecule has 0 fully saturated rings. The lowest BCUT2D eigenvalue weighted by molar-refractivity contribution is 0.0953. The average molecular weight is 377 g/mol. The molecule has 0 aliphatic carbocycles. The van der Waals surface area contributed by atoms with Gasteiger partial charge in [-0.3, -0.25) is 9.78 Å². The van der Waals surface area contributed by atoms with E-state index in [1.165, 1.54) is 0 Å². The molecule has 1 amide bonds. The number of benzene rings is 1. The summed E-state index contributed by atoms with van der Waals surface area (Å²) in [6.45, 7) is 5.51. The first-order valence-corrected chi connectivity index (χ1v) is 9.29. The lowest BCUT2D eigenvalue weighted by atomic mass is 10.1. The molecule has 2 aromatic rings. The van der Waals surface area contributed by atoms with Crippen LogP contribution in [0.15, 0.2) is 36.7 Å². The van der Waals surface area contributed by atoms with Crippen LogP contribution in [-0.4, -0.2) is 30.6 Å². The number of amides is 1. The fourth-order valence-corrected chi connectivity index (χ4v) is 2.65. The summed E-state index contributed by atoms with van der Waals surface area (Å²) >= 11 is 6.33. The summed E-state index contributed by atoms with van der Waals surface area (Å²) in [6, 6.07) is 7.15. The van der Waals surface area contributed by atoms with Crippen LogP contribution in [0.2, 0.25) is 5.02 Å². The van der Waals surface area contributed by atoms with E-state index in [0.29, 0.717) is 48.3 Å². The van der Waals surface area contributed by atoms with Gasteiger partial charge in [0.2, 0.25) is 0 Å². The summed E-state index contributed by atoms with van der Waals surface area (Å²) in [5.74, 6) is 0.791. The quantitative estimate of drug-likeness (QED) is 0.628. The van der Waals surface area contributed by atoms with Gasteiger partial charge in [-0.15, -0.1) is 0 Å². The molecule has 0 saturated carbocycles. The van der Waals surface area contributed by atoms with Crippen molar-refractivity contribution in [3.05, 3.63) is 52.8 Å². The number of hydrogen-bond acceptors (Lipinski definition) is 4. The van der Waals surface area contributed by atoms with Gasteiger partial charge >= 0.3 is 0 Å². The van der Waals surface area contributed by atoms with E-state index in [9.17, 15) is 4.79 Å². The van der Waals surface area contributed by atoms with Crippen LogP contribution in [0.4, 0.5) is 0 Å². The largest absolute Gasteiger partial charge is 0.490 e. The van der Waals surface area contributed by atoms with Crippen molar-refractivity contribution in [2.45, 2.75) is 33.1 Å². The third kappa shape index (κ3) is 5.92. The SMILES string of the molecule is CCCCOc1c(Cl)cc(C(=O)NCCc2cccnc2)cc1OCC. The fourth-order valence-electron chi connectivity index (χ4n) is 2.39. The molecule has 5 nitrogen and oxygen atoms in total. The van der Waals surface area contributed by atoms with Crippen LogP contribution in [0.25, 0.3) is 0 Å². The van der Waals surface area contributed by atoms with Gasteiger partial charge in [0, 0.05) is 24.5 Å². The van der Waals surface area contributed by atoms with Crippen molar-refractivity contribution in [1.29, 1.82) is 0 Å². The summed E-state index contributed by atoms with van der Waals surface area (Å²) < 4.78 is 11.4. The number of pyridine rings is 1. The first kappa shape index (κ1) is 20.0. The predicted octanol–water partition coefficient (Wildman–Crippen LogP) is 4.29. The number of aromatic nitrogens is 1. The Morgan fingerprint density at radius 1 is 1.27 bits per heavy atom. The van der Waals surface area contributed by atoms with Crippen molar-refractivity contribution < 1.29 is 14.3 Å². The second-order valence-electron chi connectivity index (χ2n) is 5.79. The van der Waals surface area contributed by atoms with Gasteiger partial charge in [-0.05, 0) is 43.5 Å². The Balaban J connectivity index is 2.04. The third-order valence-electron chi connectivity index (χ3n) is 3.74. The zero-order valence-electron chi connectivity index (χ0n) is 15.3. The molecule has 0 spiro atoms. The summed E-state index contributed by atoms with van der Waals surface area (Å²) in [7, 11) is 0. The second-order valence-corrected chi connectivity index (χ2v) is 6.19. The predicted molar refractivity (Wildman–Crippen MR) is 103 cm³/mol. The van der Waals surface area contributed by atoms with Gasteiger partial charge < -0.3 is 14.8 Å². The van der Waals surface area contributed by atoms with Crippen LogP contribution in [0.3, 0.4) is 0 Å². The standard InChI is InChI=1S/C20H25ClN2O3/c1-3-5-11-26-19-17(21)12-16(13-18(19)25-4-2)20(24)23-10-8-15-7-6-9-22-14-15/h6-7,9,12-14H,3-5,8,10-11H2,1-2H3,(H,23,24). The fraction of sp³-hybridized carbons (Fsp3) is 0.400. The Bertz CT molecular complexity index is 708. The Kier molecular flexibility index (Phi) is 8.22. The number of nitrogens with zero attached hydrogens (tertiary/aromatic N) is 1. The smallest absolute Gasteiger partial charge is 0.251 e. The van der Waals surface area contributed by atoms with E-state index in [4.69, 9.17) is 21.1 Å². The van der Waals surface area contributed by atoms with Crippen molar-refractivity contribution in [1.82, 2.24) is 10.3 Å².